The van der Waals surface area contributed by atoms with Crippen molar-refractivity contribution in [3.63, 3.8) is 0 Å². The second kappa shape index (κ2) is 4.52. The van der Waals surface area contributed by atoms with Gasteiger partial charge in [-0.05, 0) is 6.92 Å². The molecule has 0 bridgehead atoms. The summed E-state index contributed by atoms with van der Waals surface area (Å²) in [6, 6.07) is 1.27. The van der Waals surface area contributed by atoms with E-state index in [0.717, 1.165) is 0 Å². The predicted octanol–water partition coefficient (Wildman–Crippen LogP) is 0.636. The number of rotatable bonds is 3. The lowest BCUT2D eigenvalue weighted by atomic mass is 10.3. The van der Waals surface area contributed by atoms with E-state index in [4.69, 9.17) is 5.11 Å². The molecule has 1 rings (SSSR count). The summed E-state index contributed by atoms with van der Waals surface area (Å²) in [5.74, 6) is -0.471. The number of carbonyl (C=O) groups is 1. The average molecular weight is 238 g/mol. The molecule has 0 aliphatic rings. The first-order chi connectivity index (χ1) is 7.30. The van der Waals surface area contributed by atoms with Crippen molar-refractivity contribution in [2.45, 2.75) is 19.2 Å². The average Bonchev–Trinajstić information content (AvgIpc) is 2.59. The topological polar surface area (TPSA) is 75.4 Å². The molecule has 2 N–H and O–H groups in total. The van der Waals surface area contributed by atoms with Gasteiger partial charge in [0.25, 0.3) is 5.91 Å². The lowest BCUT2D eigenvalue weighted by Crippen LogP contribution is -2.40. The van der Waals surface area contributed by atoms with Crippen LogP contribution >= 0.6 is 0 Å². The smallest absolute Gasteiger partial charge is 0.382 e. The van der Waals surface area contributed by atoms with Crippen molar-refractivity contribution in [2.75, 3.05) is 6.54 Å². The Morgan fingerprint density at radius 2 is 2.31 bits per heavy atom. The third kappa shape index (κ3) is 3.23. The molecular weight excluding hydrogens is 229 g/mol. The van der Waals surface area contributed by atoms with Gasteiger partial charge < -0.3 is 14.9 Å². The van der Waals surface area contributed by atoms with Gasteiger partial charge in [-0.25, -0.2) is 0 Å². The van der Waals surface area contributed by atoms with Crippen molar-refractivity contribution in [1.82, 2.24) is 10.5 Å². The van der Waals surface area contributed by atoms with Gasteiger partial charge in [0.05, 0.1) is 6.54 Å². The number of alkyl halides is 3. The highest BCUT2D eigenvalue weighted by molar-refractivity contribution is 5.92. The standard InChI is InChI=1S/C8H9F3N2O3/c1-4-2-5(13-16-4)7(15)12-3-6(14)8(9,10)11/h2,6,14H,3H2,1H3,(H,12,15). The molecule has 0 radical (unpaired) electrons. The second-order valence-electron chi connectivity index (χ2n) is 3.09. The highest BCUT2D eigenvalue weighted by Gasteiger charge is 2.38. The van der Waals surface area contributed by atoms with E-state index in [0.29, 0.717) is 5.76 Å². The molecule has 1 aromatic rings. The second-order valence-corrected chi connectivity index (χ2v) is 3.09. The maximum atomic E-state index is 11.9. The van der Waals surface area contributed by atoms with Gasteiger partial charge in [-0.15, -0.1) is 0 Å². The Morgan fingerprint density at radius 3 is 2.75 bits per heavy atom. The Hall–Kier alpha value is -1.57. The molecule has 0 aliphatic carbocycles. The van der Waals surface area contributed by atoms with E-state index >= 15 is 0 Å². The van der Waals surface area contributed by atoms with Crippen LogP contribution in [0.3, 0.4) is 0 Å². The van der Waals surface area contributed by atoms with Gasteiger partial charge in [-0.1, -0.05) is 5.16 Å². The number of hydrogen-bond acceptors (Lipinski definition) is 4. The van der Waals surface area contributed by atoms with Crippen LogP contribution in [0, 0.1) is 6.92 Å². The van der Waals surface area contributed by atoms with E-state index in [9.17, 15) is 18.0 Å². The first-order valence-electron chi connectivity index (χ1n) is 4.27. The summed E-state index contributed by atoms with van der Waals surface area (Å²) >= 11 is 0. The van der Waals surface area contributed by atoms with E-state index in [1.165, 1.54) is 13.0 Å². The van der Waals surface area contributed by atoms with Crippen molar-refractivity contribution in [2.24, 2.45) is 0 Å². The molecule has 0 spiro atoms. The highest BCUT2D eigenvalue weighted by atomic mass is 19.4. The van der Waals surface area contributed by atoms with E-state index < -0.39 is 24.7 Å². The van der Waals surface area contributed by atoms with E-state index in [1.807, 2.05) is 5.32 Å². The molecule has 1 unspecified atom stereocenters. The van der Waals surface area contributed by atoms with Crippen LogP contribution in [0.1, 0.15) is 16.2 Å². The van der Waals surface area contributed by atoms with Gasteiger partial charge in [-0.2, -0.15) is 13.2 Å². The number of halogens is 3. The molecule has 0 saturated heterocycles. The zero-order valence-electron chi connectivity index (χ0n) is 8.21. The van der Waals surface area contributed by atoms with Crippen molar-refractivity contribution in [1.29, 1.82) is 0 Å². The summed E-state index contributed by atoms with van der Waals surface area (Å²) in [6.45, 7) is 0.614. The largest absolute Gasteiger partial charge is 0.416 e. The van der Waals surface area contributed by atoms with Crippen molar-refractivity contribution < 1.29 is 27.6 Å². The fraction of sp³-hybridized carbons (Fsp3) is 0.500. The number of aliphatic hydroxyl groups excluding tert-OH is 1. The summed E-state index contributed by atoms with van der Waals surface area (Å²) in [5.41, 5.74) is -0.133. The predicted molar refractivity (Wildman–Crippen MR) is 45.6 cm³/mol. The van der Waals surface area contributed by atoms with Gasteiger partial charge in [0.1, 0.15) is 5.76 Å². The number of aromatic nitrogens is 1. The minimum Gasteiger partial charge on any atom is -0.382 e. The molecule has 0 saturated carbocycles. The van der Waals surface area contributed by atoms with Crippen LogP contribution in [0.4, 0.5) is 13.2 Å². The summed E-state index contributed by atoms with van der Waals surface area (Å²) in [6.07, 6.45) is -7.35. The van der Waals surface area contributed by atoms with E-state index in [1.54, 1.807) is 0 Å². The lowest BCUT2D eigenvalue weighted by Gasteiger charge is -2.14. The zero-order chi connectivity index (χ0) is 12.3. The van der Waals surface area contributed by atoms with Crippen molar-refractivity contribution in [3.8, 4) is 0 Å². The van der Waals surface area contributed by atoms with E-state index in [-0.39, 0.29) is 5.69 Å². The Balaban J connectivity index is 2.48. The van der Waals surface area contributed by atoms with Crippen molar-refractivity contribution in [3.05, 3.63) is 17.5 Å². The third-order valence-electron chi connectivity index (χ3n) is 1.69. The molecule has 5 nitrogen and oxygen atoms in total. The van der Waals surface area contributed by atoms with E-state index in [2.05, 4.69) is 9.68 Å². The maximum absolute atomic E-state index is 11.9. The molecule has 8 heteroatoms. The molecule has 1 amide bonds. The fourth-order valence-corrected chi connectivity index (χ4v) is 0.869. The quantitative estimate of drug-likeness (QED) is 0.810. The molecule has 0 aliphatic heterocycles. The monoisotopic (exact) mass is 238 g/mol. The first-order valence-corrected chi connectivity index (χ1v) is 4.27. The lowest BCUT2D eigenvalue weighted by molar-refractivity contribution is -0.201. The van der Waals surface area contributed by atoms with Crippen LogP contribution in [0.5, 0.6) is 0 Å². The fourth-order valence-electron chi connectivity index (χ4n) is 0.869. The summed E-state index contributed by atoms with van der Waals surface area (Å²) in [5, 5.41) is 13.8. The molecule has 1 aromatic heterocycles. The molecular formula is C8H9F3N2O3. The van der Waals surface area contributed by atoms with Gasteiger partial charge >= 0.3 is 6.18 Å². The van der Waals surface area contributed by atoms with Gasteiger partial charge in [-0.3, -0.25) is 4.79 Å². The Labute approximate surface area is 88.2 Å². The van der Waals surface area contributed by atoms with Crippen LogP contribution in [-0.2, 0) is 0 Å². The third-order valence-corrected chi connectivity index (χ3v) is 1.69. The number of nitrogens with zero attached hydrogens (tertiary/aromatic N) is 1. The molecule has 1 heterocycles. The minimum absolute atomic E-state index is 0.133. The molecule has 0 aromatic carbocycles. The minimum atomic E-state index is -4.76. The Kier molecular flexibility index (Phi) is 3.53. The SMILES string of the molecule is Cc1cc(C(=O)NCC(O)C(F)(F)F)no1. The van der Waals surface area contributed by atoms with Gasteiger partial charge in [0.2, 0.25) is 0 Å². The number of aryl methyl sites for hydroxylation is 1. The molecule has 1 atom stereocenters. The summed E-state index contributed by atoms with van der Waals surface area (Å²) in [4.78, 5) is 11.2. The van der Waals surface area contributed by atoms with Crippen LogP contribution < -0.4 is 5.32 Å². The summed E-state index contributed by atoms with van der Waals surface area (Å²) < 4.78 is 40.2. The van der Waals surface area contributed by atoms with Crippen LogP contribution in [0.15, 0.2) is 10.6 Å². The number of amides is 1. The molecule has 90 valence electrons. The number of nitrogens with one attached hydrogen (secondary N) is 1. The number of aliphatic hydroxyl groups is 1. The Bertz CT molecular complexity index is 375. The van der Waals surface area contributed by atoms with Crippen LogP contribution in [0.2, 0.25) is 0 Å². The normalized spacial score (nSPS) is 13.6. The van der Waals surface area contributed by atoms with Crippen molar-refractivity contribution >= 4 is 5.91 Å². The molecule has 0 fully saturated rings. The van der Waals surface area contributed by atoms with Crippen LogP contribution in [0.25, 0.3) is 0 Å². The molecule has 16 heavy (non-hydrogen) atoms. The number of hydrogen-bond donors (Lipinski definition) is 2. The van der Waals surface area contributed by atoms with Crippen LogP contribution in [-0.4, -0.2) is 35.0 Å². The zero-order valence-corrected chi connectivity index (χ0v) is 8.21. The van der Waals surface area contributed by atoms with Gasteiger partial charge in [0, 0.05) is 6.07 Å². The summed E-state index contributed by atoms with van der Waals surface area (Å²) in [7, 11) is 0. The first kappa shape index (κ1) is 12.5. The maximum Gasteiger partial charge on any atom is 0.416 e. The Morgan fingerprint density at radius 1 is 1.69 bits per heavy atom. The van der Waals surface area contributed by atoms with Gasteiger partial charge in [0.15, 0.2) is 11.8 Å². The highest BCUT2D eigenvalue weighted by Crippen LogP contribution is 2.19. The number of carbonyl (C=O) groups excluding carboxylic acids is 1.